The van der Waals surface area contributed by atoms with Crippen molar-refractivity contribution in [1.82, 2.24) is 5.32 Å². The molecule has 0 unspecified atom stereocenters. The third-order valence-electron chi connectivity index (χ3n) is 5.31. The normalized spacial score (nSPS) is 23.9. The van der Waals surface area contributed by atoms with Gasteiger partial charge >= 0.3 is 6.18 Å². The number of benzene rings is 1. The molecule has 1 saturated heterocycles. The lowest BCUT2D eigenvalue weighted by atomic mass is 9.85. The van der Waals surface area contributed by atoms with Gasteiger partial charge in [0.2, 0.25) is 5.91 Å². The van der Waals surface area contributed by atoms with Crippen molar-refractivity contribution in [2.75, 3.05) is 31.2 Å². The van der Waals surface area contributed by atoms with Crippen molar-refractivity contribution in [1.29, 1.82) is 0 Å². The number of halogens is 3. The van der Waals surface area contributed by atoms with Gasteiger partial charge in [-0.2, -0.15) is 13.2 Å². The first kappa shape index (κ1) is 19.9. The SMILES string of the molecule is N[C@H]1CCC[C@@H](C(=O)NCc2ccc(N3CCOCC3)cc2C(F)(F)F)C1. The molecule has 0 aromatic heterocycles. The molecule has 0 spiro atoms. The summed E-state index contributed by atoms with van der Waals surface area (Å²) in [6.45, 7) is 2.00. The first-order chi connectivity index (χ1) is 12.8. The maximum atomic E-state index is 13.6. The van der Waals surface area contributed by atoms with Crippen LogP contribution in [0.4, 0.5) is 18.9 Å². The topological polar surface area (TPSA) is 67.6 Å². The molecule has 5 nitrogen and oxygen atoms in total. The third kappa shape index (κ3) is 5.13. The van der Waals surface area contributed by atoms with Crippen molar-refractivity contribution >= 4 is 11.6 Å². The van der Waals surface area contributed by atoms with Gasteiger partial charge in [0.1, 0.15) is 0 Å². The summed E-state index contributed by atoms with van der Waals surface area (Å²) in [6.07, 6.45) is -1.38. The molecular weight excluding hydrogens is 359 g/mol. The number of anilines is 1. The molecule has 1 aromatic carbocycles. The number of rotatable bonds is 4. The standard InChI is InChI=1S/C19H26F3N3O2/c20-19(21,22)17-11-16(25-6-8-27-9-7-25)5-4-14(17)12-24-18(26)13-2-1-3-15(23)10-13/h4-5,11,13,15H,1-3,6-10,12,23H2,(H,24,26)/t13-,15+/m1/s1. The summed E-state index contributed by atoms with van der Waals surface area (Å²) in [7, 11) is 0. The predicted octanol–water partition coefficient (Wildman–Crippen LogP) is 2.68. The molecule has 1 heterocycles. The lowest BCUT2D eigenvalue weighted by molar-refractivity contribution is -0.138. The van der Waals surface area contributed by atoms with E-state index in [9.17, 15) is 18.0 Å². The Kier molecular flexibility index (Phi) is 6.26. The number of carbonyl (C=O) groups is 1. The zero-order chi connectivity index (χ0) is 19.4. The third-order valence-corrected chi connectivity index (χ3v) is 5.31. The van der Waals surface area contributed by atoms with Gasteiger partial charge in [-0.3, -0.25) is 4.79 Å². The van der Waals surface area contributed by atoms with Crippen molar-refractivity contribution in [2.45, 2.75) is 44.4 Å². The highest BCUT2D eigenvalue weighted by Gasteiger charge is 2.34. The highest BCUT2D eigenvalue weighted by molar-refractivity contribution is 5.78. The molecule has 1 aliphatic heterocycles. The number of nitrogens with two attached hydrogens (primary N) is 1. The van der Waals surface area contributed by atoms with Gasteiger partial charge in [-0.1, -0.05) is 12.5 Å². The predicted molar refractivity (Wildman–Crippen MR) is 96.3 cm³/mol. The summed E-state index contributed by atoms with van der Waals surface area (Å²) in [5.74, 6) is -0.425. The molecule has 8 heteroatoms. The van der Waals surface area contributed by atoms with E-state index in [0.29, 0.717) is 38.4 Å². The second-order valence-corrected chi connectivity index (χ2v) is 7.28. The Bertz CT molecular complexity index is 660. The number of hydrogen-bond acceptors (Lipinski definition) is 4. The molecular formula is C19H26F3N3O2. The number of alkyl halides is 3. The first-order valence-electron chi connectivity index (χ1n) is 9.40. The summed E-state index contributed by atoms with van der Waals surface area (Å²) in [5.41, 5.74) is 5.80. The van der Waals surface area contributed by atoms with Gasteiger partial charge in [0, 0.05) is 37.3 Å². The summed E-state index contributed by atoms with van der Waals surface area (Å²) in [6, 6.07) is 4.30. The van der Waals surface area contributed by atoms with E-state index in [4.69, 9.17) is 10.5 Å². The second kappa shape index (κ2) is 8.48. The van der Waals surface area contributed by atoms with Gasteiger partial charge in [0.25, 0.3) is 0 Å². The minimum atomic E-state index is -4.48. The van der Waals surface area contributed by atoms with Crippen LogP contribution in [0.25, 0.3) is 0 Å². The maximum Gasteiger partial charge on any atom is 0.416 e. The van der Waals surface area contributed by atoms with E-state index in [-0.39, 0.29) is 30.0 Å². The Morgan fingerprint density at radius 3 is 2.67 bits per heavy atom. The van der Waals surface area contributed by atoms with Crippen LogP contribution in [0.2, 0.25) is 0 Å². The van der Waals surface area contributed by atoms with Crippen LogP contribution < -0.4 is 16.0 Å². The van der Waals surface area contributed by atoms with Crippen LogP contribution in [0.5, 0.6) is 0 Å². The molecule has 2 fully saturated rings. The summed E-state index contributed by atoms with van der Waals surface area (Å²) in [5, 5.41) is 2.67. The van der Waals surface area contributed by atoms with Crippen LogP contribution in [0.1, 0.15) is 36.8 Å². The summed E-state index contributed by atoms with van der Waals surface area (Å²) < 4.78 is 45.9. The number of hydrogen-bond donors (Lipinski definition) is 2. The van der Waals surface area contributed by atoms with Crippen LogP contribution in [0.15, 0.2) is 18.2 Å². The molecule has 0 radical (unpaired) electrons. The fourth-order valence-electron chi connectivity index (χ4n) is 3.79. The van der Waals surface area contributed by atoms with Gasteiger partial charge in [0.05, 0.1) is 18.8 Å². The monoisotopic (exact) mass is 385 g/mol. The van der Waals surface area contributed by atoms with Crippen LogP contribution in [-0.2, 0) is 22.3 Å². The fraction of sp³-hybridized carbons (Fsp3) is 0.632. The van der Waals surface area contributed by atoms with Crippen molar-refractivity contribution in [3.8, 4) is 0 Å². The van der Waals surface area contributed by atoms with E-state index >= 15 is 0 Å². The number of amides is 1. The summed E-state index contributed by atoms with van der Waals surface area (Å²) in [4.78, 5) is 14.2. The Balaban J connectivity index is 1.71. The minimum Gasteiger partial charge on any atom is -0.378 e. The summed E-state index contributed by atoms with van der Waals surface area (Å²) >= 11 is 0. The largest absolute Gasteiger partial charge is 0.416 e. The van der Waals surface area contributed by atoms with E-state index < -0.39 is 11.7 Å². The number of nitrogens with zero attached hydrogens (tertiary/aromatic N) is 1. The molecule has 1 saturated carbocycles. The van der Waals surface area contributed by atoms with Gasteiger partial charge in [-0.05, 0) is 37.0 Å². The van der Waals surface area contributed by atoms with Crippen LogP contribution in [0.3, 0.4) is 0 Å². The van der Waals surface area contributed by atoms with Crippen molar-refractivity contribution < 1.29 is 22.7 Å². The van der Waals surface area contributed by atoms with Crippen LogP contribution in [0, 0.1) is 5.92 Å². The lowest BCUT2D eigenvalue weighted by Gasteiger charge is -2.30. The molecule has 27 heavy (non-hydrogen) atoms. The smallest absolute Gasteiger partial charge is 0.378 e. The molecule has 3 rings (SSSR count). The van der Waals surface area contributed by atoms with Crippen LogP contribution >= 0.6 is 0 Å². The molecule has 0 bridgehead atoms. The van der Waals surface area contributed by atoms with E-state index in [1.807, 2.05) is 4.90 Å². The molecule has 1 aliphatic carbocycles. The molecule has 1 aromatic rings. The molecule has 2 atom stereocenters. The Morgan fingerprint density at radius 2 is 2.00 bits per heavy atom. The lowest BCUT2D eigenvalue weighted by Crippen LogP contribution is -2.38. The van der Waals surface area contributed by atoms with E-state index in [2.05, 4.69) is 5.32 Å². The molecule has 2 aliphatic rings. The van der Waals surface area contributed by atoms with Gasteiger partial charge in [-0.15, -0.1) is 0 Å². The molecule has 3 N–H and O–H groups in total. The number of nitrogens with one attached hydrogen (secondary N) is 1. The zero-order valence-corrected chi connectivity index (χ0v) is 15.2. The minimum absolute atomic E-state index is 0.00644. The Labute approximate surface area is 157 Å². The Morgan fingerprint density at radius 1 is 1.26 bits per heavy atom. The first-order valence-corrected chi connectivity index (χ1v) is 9.40. The van der Waals surface area contributed by atoms with Gasteiger partial charge in [-0.25, -0.2) is 0 Å². The highest BCUT2D eigenvalue weighted by Crippen LogP contribution is 2.35. The maximum absolute atomic E-state index is 13.6. The highest BCUT2D eigenvalue weighted by atomic mass is 19.4. The average molecular weight is 385 g/mol. The number of ether oxygens (including phenoxy) is 1. The second-order valence-electron chi connectivity index (χ2n) is 7.28. The zero-order valence-electron chi connectivity index (χ0n) is 15.2. The van der Waals surface area contributed by atoms with E-state index in [1.165, 1.54) is 12.1 Å². The van der Waals surface area contributed by atoms with E-state index in [0.717, 1.165) is 19.3 Å². The van der Waals surface area contributed by atoms with Crippen LogP contribution in [-0.4, -0.2) is 38.3 Å². The number of morpholine rings is 1. The average Bonchev–Trinajstić information content (AvgIpc) is 2.66. The van der Waals surface area contributed by atoms with Crippen molar-refractivity contribution in [3.05, 3.63) is 29.3 Å². The van der Waals surface area contributed by atoms with Crippen molar-refractivity contribution in [3.63, 3.8) is 0 Å². The fourth-order valence-corrected chi connectivity index (χ4v) is 3.79. The van der Waals surface area contributed by atoms with Crippen molar-refractivity contribution in [2.24, 2.45) is 11.7 Å². The Hall–Kier alpha value is -1.80. The molecule has 150 valence electrons. The quantitative estimate of drug-likeness (QED) is 0.836. The van der Waals surface area contributed by atoms with Gasteiger partial charge in [0.15, 0.2) is 0 Å². The van der Waals surface area contributed by atoms with E-state index in [1.54, 1.807) is 6.07 Å². The van der Waals surface area contributed by atoms with Gasteiger partial charge < -0.3 is 20.7 Å². The number of carbonyl (C=O) groups excluding carboxylic acids is 1. The molecule has 1 amide bonds.